The molecule has 10 heteroatoms. The van der Waals surface area contributed by atoms with Gasteiger partial charge in [0.15, 0.2) is 0 Å². The summed E-state index contributed by atoms with van der Waals surface area (Å²) >= 11 is 0. The average molecular weight is 598 g/mol. The number of nitrogens with one attached hydrogen (secondary N) is 1. The van der Waals surface area contributed by atoms with Gasteiger partial charge in [0.1, 0.15) is 17.6 Å². The van der Waals surface area contributed by atoms with Gasteiger partial charge in [-0.25, -0.2) is 12.8 Å². The summed E-state index contributed by atoms with van der Waals surface area (Å²) in [5.41, 5.74) is 2.03. The van der Waals surface area contributed by atoms with Crippen molar-refractivity contribution in [1.82, 2.24) is 10.2 Å². The number of anilines is 1. The highest BCUT2D eigenvalue weighted by Gasteiger charge is 2.31. The number of carbonyl (C=O) groups is 2. The molecule has 0 saturated heterocycles. The molecule has 0 radical (unpaired) electrons. The van der Waals surface area contributed by atoms with E-state index in [-0.39, 0.29) is 50.2 Å². The van der Waals surface area contributed by atoms with E-state index in [0.717, 1.165) is 11.8 Å². The zero-order valence-corrected chi connectivity index (χ0v) is 25.4. The third-order valence-electron chi connectivity index (χ3n) is 6.56. The third kappa shape index (κ3) is 9.87. The van der Waals surface area contributed by atoms with E-state index in [4.69, 9.17) is 4.74 Å². The summed E-state index contributed by atoms with van der Waals surface area (Å²) in [6, 6.07) is 21.0. The normalized spacial score (nSPS) is 12.0. The zero-order chi connectivity index (χ0) is 30.7. The van der Waals surface area contributed by atoms with E-state index in [0.29, 0.717) is 23.6 Å². The maximum Gasteiger partial charge on any atom is 0.243 e. The molecule has 226 valence electrons. The molecule has 8 nitrogen and oxygen atoms in total. The molecule has 0 fully saturated rings. The molecule has 1 N–H and O–H groups in total. The van der Waals surface area contributed by atoms with Gasteiger partial charge in [-0.3, -0.25) is 13.9 Å². The molecule has 0 aliphatic heterocycles. The van der Waals surface area contributed by atoms with Gasteiger partial charge < -0.3 is 15.0 Å². The average Bonchev–Trinajstić information content (AvgIpc) is 2.94. The van der Waals surface area contributed by atoms with Crippen molar-refractivity contribution >= 4 is 27.5 Å². The van der Waals surface area contributed by atoms with Crippen molar-refractivity contribution in [3.05, 3.63) is 95.8 Å². The van der Waals surface area contributed by atoms with Gasteiger partial charge in [-0.2, -0.15) is 0 Å². The lowest BCUT2D eigenvalue weighted by Gasteiger charge is -2.32. The van der Waals surface area contributed by atoms with E-state index >= 15 is 0 Å². The molecule has 0 aliphatic rings. The minimum absolute atomic E-state index is 0.00446. The number of nitrogens with zero attached hydrogens (tertiary/aromatic N) is 2. The predicted octanol–water partition coefficient (Wildman–Crippen LogP) is 4.94. The highest BCUT2D eigenvalue weighted by Crippen LogP contribution is 2.23. The molecule has 0 saturated carbocycles. The van der Waals surface area contributed by atoms with Crippen LogP contribution in [0.4, 0.5) is 10.1 Å². The number of benzene rings is 3. The second-order valence-electron chi connectivity index (χ2n) is 10.4. The second-order valence-corrected chi connectivity index (χ2v) is 12.3. The molecule has 3 aromatic carbocycles. The standard InChI is InChI=1S/C32H40FN3O5S/c1-5-41-29-19-17-28(18-20-29)36(42(4,39)40)21-9-12-31(37)35(23-26-13-15-27(33)16-14-26)30(32(38)34-24(2)3)22-25-10-7-6-8-11-25/h6-8,10-11,13-20,24,30H,5,9,12,21-23H2,1-4H3,(H,34,38). The van der Waals surface area contributed by atoms with Gasteiger partial charge in [0.05, 0.1) is 18.6 Å². The molecule has 3 aromatic rings. The number of carbonyl (C=O) groups excluding carboxylic acids is 2. The number of rotatable bonds is 15. The van der Waals surface area contributed by atoms with Gasteiger partial charge >= 0.3 is 0 Å². The Morgan fingerprint density at radius 3 is 2.14 bits per heavy atom. The number of amides is 2. The van der Waals surface area contributed by atoms with Crippen LogP contribution in [0.5, 0.6) is 5.75 Å². The fourth-order valence-corrected chi connectivity index (χ4v) is 5.57. The van der Waals surface area contributed by atoms with Crippen LogP contribution < -0.4 is 14.4 Å². The molecule has 2 amide bonds. The predicted molar refractivity (Wildman–Crippen MR) is 163 cm³/mol. The van der Waals surface area contributed by atoms with Crippen molar-refractivity contribution < 1.29 is 27.1 Å². The van der Waals surface area contributed by atoms with E-state index in [1.165, 1.54) is 21.3 Å². The maximum absolute atomic E-state index is 13.8. The summed E-state index contributed by atoms with van der Waals surface area (Å²) in [7, 11) is -3.63. The largest absolute Gasteiger partial charge is 0.494 e. The third-order valence-corrected chi connectivity index (χ3v) is 7.75. The monoisotopic (exact) mass is 597 g/mol. The van der Waals surface area contributed by atoms with Crippen LogP contribution in [-0.4, -0.2) is 56.6 Å². The molecule has 1 unspecified atom stereocenters. The number of sulfonamides is 1. The molecule has 0 spiro atoms. The Kier molecular flexibility index (Phi) is 11.9. The van der Waals surface area contributed by atoms with Crippen LogP contribution in [0.3, 0.4) is 0 Å². The summed E-state index contributed by atoms with van der Waals surface area (Å²) in [5.74, 6) is -0.369. The molecule has 42 heavy (non-hydrogen) atoms. The zero-order valence-electron chi connectivity index (χ0n) is 24.6. The van der Waals surface area contributed by atoms with E-state index in [1.807, 2.05) is 51.1 Å². The van der Waals surface area contributed by atoms with Gasteiger partial charge in [-0.1, -0.05) is 42.5 Å². The Morgan fingerprint density at radius 2 is 1.57 bits per heavy atom. The Balaban J connectivity index is 1.85. The summed E-state index contributed by atoms with van der Waals surface area (Å²) in [6.45, 7) is 6.23. The topological polar surface area (TPSA) is 96.0 Å². The molecule has 0 aliphatic carbocycles. The first-order chi connectivity index (χ1) is 20.0. The first-order valence-electron chi connectivity index (χ1n) is 14.1. The van der Waals surface area contributed by atoms with Crippen LogP contribution in [0.1, 0.15) is 44.7 Å². The van der Waals surface area contributed by atoms with E-state index in [9.17, 15) is 22.4 Å². The van der Waals surface area contributed by atoms with Crippen molar-refractivity contribution in [2.75, 3.05) is 23.7 Å². The quantitative estimate of drug-likeness (QED) is 0.268. The lowest BCUT2D eigenvalue weighted by Crippen LogP contribution is -2.51. The summed E-state index contributed by atoms with van der Waals surface area (Å²) in [4.78, 5) is 28.8. The molecular weight excluding hydrogens is 557 g/mol. The highest BCUT2D eigenvalue weighted by molar-refractivity contribution is 7.92. The fraction of sp³-hybridized carbons (Fsp3) is 0.375. The Hall–Kier alpha value is -3.92. The Morgan fingerprint density at radius 1 is 0.929 bits per heavy atom. The van der Waals surface area contributed by atoms with Crippen molar-refractivity contribution in [3.8, 4) is 5.75 Å². The number of halogens is 1. The highest BCUT2D eigenvalue weighted by atomic mass is 32.2. The van der Waals surface area contributed by atoms with Crippen molar-refractivity contribution in [3.63, 3.8) is 0 Å². The van der Waals surface area contributed by atoms with E-state index < -0.39 is 21.9 Å². The van der Waals surface area contributed by atoms with Gasteiger partial charge in [0.2, 0.25) is 21.8 Å². The van der Waals surface area contributed by atoms with Gasteiger partial charge in [0.25, 0.3) is 0 Å². The Bertz CT molecular complexity index is 1400. The van der Waals surface area contributed by atoms with Gasteiger partial charge in [-0.15, -0.1) is 0 Å². The Labute approximate surface area is 248 Å². The minimum atomic E-state index is -3.63. The minimum Gasteiger partial charge on any atom is -0.494 e. The maximum atomic E-state index is 13.8. The van der Waals surface area contributed by atoms with Crippen molar-refractivity contribution in [1.29, 1.82) is 0 Å². The number of ether oxygens (including phenoxy) is 1. The lowest BCUT2D eigenvalue weighted by molar-refractivity contribution is -0.141. The lowest BCUT2D eigenvalue weighted by atomic mass is 10.0. The number of hydrogen-bond acceptors (Lipinski definition) is 5. The molecule has 0 bridgehead atoms. The molecule has 1 atom stereocenters. The van der Waals surface area contributed by atoms with Crippen molar-refractivity contribution in [2.24, 2.45) is 0 Å². The van der Waals surface area contributed by atoms with Crippen LogP contribution in [0, 0.1) is 5.82 Å². The molecule has 3 rings (SSSR count). The van der Waals surface area contributed by atoms with Gasteiger partial charge in [0, 0.05) is 32.0 Å². The summed E-state index contributed by atoms with van der Waals surface area (Å²) in [6.07, 6.45) is 1.64. The molecule has 0 heterocycles. The summed E-state index contributed by atoms with van der Waals surface area (Å²) in [5, 5.41) is 2.93. The smallest absolute Gasteiger partial charge is 0.243 e. The molecular formula is C32H40FN3O5S. The fourth-order valence-electron chi connectivity index (χ4n) is 4.60. The van der Waals surface area contributed by atoms with Crippen LogP contribution in [0.25, 0.3) is 0 Å². The van der Waals surface area contributed by atoms with Gasteiger partial charge in [-0.05, 0) is 74.7 Å². The van der Waals surface area contributed by atoms with Crippen LogP contribution >= 0.6 is 0 Å². The second kappa shape index (κ2) is 15.3. The first kappa shape index (κ1) is 32.6. The SMILES string of the molecule is CCOc1ccc(N(CCCC(=O)N(Cc2ccc(F)cc2)C(Cc2ccccc2)C(=O)NC(C)C)S(C)(=O)=O)cc1. The number of hydrogen-bond donors (Lipinski definition) is 1. The van der Waals surface area contributed by atoms with E-state index in [2.05, 4.69) is 5.32 Å². The van der Waals surface area contributed by atoms with Crippen LogP contribution in [0.15, 0.2) is 78.9 Å². The summed E-state index contributed by atoms with van der Waals surface area (Å²) < 4.78 is 45.6. The van der Waals surface area contributed by atoms with E-state index in [1.54, 1.807) is 36.4 Å². The van der Waals surface area contributed by atoms with Crippen molar-refractivity contribution in [2.45, 2.75) is 58.7 Å². The van der Waals surface area contributed by atoms with Crippen LogP contribution in [-0.2, 0) is 32.6 Å². The molecule has 0 aromatic heterocycles. The first-order valence-corrected chi connectivity index (χ1v) is 15.9. The van der Waals surface area contributed by atoms with Crippen LogP contribution in [0.2, 0.25) is 0 Å².